The van der Waals surface area contributed by atoms with Gasteiger partial charge in [-0.05, 0) is 37.7 Å². The predicted molar refractivity (Wildman–Crippen MR) is 103 cm³/mol. The highest BCUT2D eigenvalue weighted by Gasteiger charge is 2.20. The van der Waals surface area contributed by atoms with Crippen LogP contribution in [0, 0.1) is 5.92 Å². The van der Waals surface area contributed by atoms with E-state index in [0.29, 0.717) is 18.2 Å². The monoisotopic (exact) mass is 357 g/mol. The number of hydrogen-bond acceptors (Lipinski definition) is 4. The van der Waals surface area contributed by atoms with Crippen LogP contribution in [-0.2, 0) is 11.2 Å². The van der Waals surface area contributed by atoms with E-state index in [0.717, 1.165) is 35.8 Å². The minimum atomic E-state index is -0.376. The van der Waals surface area contributed by atoms with Crippen LogP contribution in [0.1, 0.15) is 93.5 Å². The molecule has 0 radical (unpaired) electrons. The highest BCUT2D eigenvalue weighted by Crippen LogP contribution is 2.27. The number of esters is 1. The van der Waals surface area contributed by atoms with Crippen molar-refractivity contribution in [3.63, 3.8) is 0 Å². The summed E-state index contributed by atoms with van der Waals surface area (Å²) in [4.78, 5) is 16.9. The Labute approximate surface area is 156 Å². The molecule has 1 atom stereocenters. The lowest BCUT2D eigenvalue weighted by atomic mass is 9.94. The van der Waals surface area contributed by atoms with Gasteiger partial charge in [-0.15, -0.1) is 0 Å². The van der Waals surface area contributed by atoms with Crippen LogP contribution in [0.15, 0.2) is 12.1 Å². The standard InChI is InChI=1S/C21H31N3O2/c1-4-15(3)19-13-17(12-16-10-8-6-7-9-11-16)22-20-14-18(23-24(19)20)21(25)26-5-2/h13-16H,4-12H2,1-3H3. The molecule has 2 heterocycles. The van der Waals surface area contributed by atoms with Crippen LogP contribution in [0.4, 0.5) is 0 Å². The van der Waals surface area contributed by atoms with Crippen molar-refractivity contribution in [2.24, 2.45) is 5.92 Å². The summed E-state index contributed by atoms with van der Waals surface area (Å²) in [6, 6.07) is 3.97. The van der Waals surface area contributed by atoms with E-state index in [9.17, 15) is 4.79 Å². The SMILES string of the molecule is CCOC(=O)c1cc2nc(CC3CCCCCC3)cc(C(C)CC)n2n1. The zero-order valence-corrected chi connectivity index (χ0v) is 16.3. The summed E-state index contributed by atoms with van der Waals surface area (Å²) in [5, 5.41) is 4.48. The van der Waals surface area contributed by atoms with Crippen LogP contribution in [0.2, 0.25) is 0 Å². The zero-order chi connectivity index (χ0) is 18.5. The van der Waals surface area contributed by atoms with E-state index < -0.39 is 0 Å². The molecule has 3 rings (SSSR count). The molecule has 1 fully saturated rings. The first-order chi connectivity index (χ1) is 12.6. The largest absolute Gasteiger partial charge is 0.461 e. The number of fused-ring (bicyclic) bond motifs is 1. The summed E-state index contributed by atoms with van der Waals surface area (Å²) in [7, 11) is 0. The highest BCUT2D eigenvalue weighted by atomic mass is 16.5. The molecule has 2 aromatic rings. The quantitative estimate of drug-likeness (QED) is 0.543. The Kier molecular flexibility index (Phi) is 6.28. The Morgan fingerprint density at radius 1 is 1.23 bits per heavy atom. The summed E-state index contributed by atoms with van der Waals surface area (Å²) in [5.74, 6) is 0.714. The second-order valence-corrected chi connectivity index (χ2v) is 7.56. The average Bonchev–Trinajstić information content (AvgIpc) is 2.90. The van der Waals surface area contributed by atoms with Gasteiger partial charge >= 0.3 is 5.97 Å². The van der Waals surface area contributed by atoms with Gasteiger partial charge in [-0.3, -0.25) is 0 Å². The number of hydrogen-bond donors (Lipinski definition) is 0. The fourth-order valence-corrected chi connectivity index (χ4v) is 3.89. The van der Waals surface area contributed by atoms with Crippen molar-refractivity contribution in [3.8, 4) is 0 Å². The summed E-state index contributed by atoms with van der Waals surface area (Å²) >= 11 is 0. The first kappa shape index (κ1) is 18.9. The van der Waals surface area contributed by atoms with E-state index in [4.69, 9.17) is 9.72 Å². The molecule has 1 aliphatic carbocycles. The van der Waals surface area contributed by atoms with Gasteiger partial charge in [0.1, 0.15) is 0 Å². The summed E-state index contributed by atoms with van der Waals surface area (Å²) in [6.45, 7) is 6.54. The molecular formula is C21H31N3O2. The Bertz CT molecular complexity index is 745. The number of aromatic nitrogens is 3. The molecule has 0 aromatic carbocycles. The van der Waals surface area contributed by atoms with Crippen LogP contribution in [-0.4, -0.2) is 27.2 Å². The van der Waals surface area contributed by atoms with Crippen molar-refractivity contribution >= 4 is 11.6 Å². The first-order valence-electron chi connectivity index (χ1n) is 10.2. The molecule has 1 unspecified atom stereocenters. The lowest BCUT2D eigenvalue weighted by molar-refractivity contribution is 0.0519. The Morgan fingerprint density at radius 2 is 1.96 bits per heavy atom. The second kappa shape index (κ2) is 8.65. The van der Waals surface area contributed by atoms with Gasteiger partial charge in [0.2, 0.25) is 0 Å². The van der Waals surface area contributed by atoms with E-state index in [2.05, 4.69) is 25.0 Å². The van der Waals surface area contributed by atoms with E-state index in [1.807, 2.05) is 4.52 Å². The van der Waals surface area contributed by atoms with Gasteiger partial charge in [-0.2, -0.15) is 5.10 Å². The third-order valence-corrected chi connectivity index (χ3v) is 5.58. The lowest BCUT2D eigenvalue weighted by Gasteiger charge is -2.16. The van der Waals surface area contributed by atoms with Gasteiger partial charge in [0.25, 0.3) is 0 Å². The molecule has 2 aromatic heterocycles. The smallest absolute Gasteiger partial charge is 0.358 e. The minimum absolute atomic E-state index is 0.343. The fraction of sp³-hybridized carbons (Fsp3) is 0.667. The van der Waals surface area contributed by atoms with Gasteiger partial charge in [-0.1, -0.05) is 52.4 Å². The highest BCUT2D eigenvalue weighted by molar-refractivity contribution is 5.88. The van der Waals surface area contributed by atoms with Crippen molar-refractivity contribution in [1.82, 2.24) is 14.6 Å². The number of ether oxygens (including phenoxy) is 1. The maximum atomic E-state index is 12.1. The van der Waals surface area contributed by atoms with E-state index in [1.165, 1.54) is 38.5 Å². The van der Waals surface area contributed by atoms with Gasteiger partial charge in [-0.25, -0.2) is 14.3 Å². The van der Waals surface area contributed by atoms with Gasteiger partial charge < -0.3 is 4.74 Å². The molecule has 0 bridgehead atoms. The van der Waals surface area contributed by atoms with Crippen LogP contribution in [0.25, 0.3) is 5.65 Å². The molecule has 26 heavy (non-hydrogen) atoms. The van der Waals surface area contributed by atoms with E-state index >= 15 is 0 Å². The second-order valence-electron chi connectivity index (χ2n) is 7.56. The van der Waals surface area contributed by atoms with Gasteiger partial charge in [0.05, 0.1) is 6.61 Å². The molecule has 0 aliphatic heterocycles. The molecule has 0 saturated heterocycles. The van der Waals surface area contributed by atoms with Crippen molar-refractivity contribution < 1.29 is 9.53 Å². The minimum Gasteiger partial charge on any atom is -0.461 e. The Balaban J connectivity index is 1.94. The normalized spacial score (nSPS) is 17.2. The third kappa shape index (κ3) is 4.25. The van der Waals surface area contributed by atoms with Crippen LogP contribution in [0.3, 0.4) is 0 Å². The summed E-state index contributed by atoms with van der Waals surface area (Å²) in [6.07, 6.45) is 10.1. The lowest BCUT2D eigenvalue weighted by Crippen LogP contribution is -2.11. The van der Waals surface area contributed by atoms with Crippen molar-refractivity contribution in [3.05, 3.63) is 29.2 Å². The molecule has 0 spiro atoms. The number of carbonyl (C=O) groups excluding carboxylic acids is 1. The Morgan fingerprint density at radius 3 is 2.62 bits per heavy atom. The number of nitrogens with zero attached hydrogens (tertiary/aromatic N) is 3. The van der Waals surface area contributed by atoms with Crippen molar-refractivity contribution in [2.45, 2.75) is 78.1 Å². The molecule has 0 N–H and O–H groups in total. The first-order valence-corrected chi connectivity index (χ1v) is 10.2. The predicted octanol–water partition coefficient (Wildman–Crippen LogP) is 4.93. The molecular weight excluding hydrogens is 326 g/mol. The van der Waals surface area contributed by atoms with Crippen LogP contribution in [0.5, 0.6) is 0 Å². The van der Waals surface area contributed by atoms with Crippen LogP contribution >= 0.6 is 0 Å². The van der Waals surface area contributed by atoms with Crippen LogP contribution < -0.4 is 0 Å². The van der Waals surface area contributed by atoms with Gasteiger partial charge in [0.15, 0.2) is 11.3 Å². The third-order valence-electron chi connectivity index (χ3n) is 5.58. The maximum Gasteiger partial charge on any atom is 0.358 e. The van der Waals surface area contributed by atoms with Gasteiger partial charge in [0, 0.05) is 17.5 Å². The molecule has 1 aliphatic rings. The maximum absolute atomic E-state index is 12.1. The topological polar surface area (TPSA) is 56.5 Å². The molecule has 5 nitrogen and oxygen atoms in total. The van der Waals surface area contributed by atoms with E-state index in [-0.39, 0.29) is 5.97 Å². The summed E-state index contributed by atoms with van der Waals surface area (Å²) in [5.41, 5.74) is 3.37. The average molecular weight is 357 g/mol. The molecule has 1 saturated carbocycles. The summed E-state index contributed by atoms with van der Waals surface area (Å²) < 4.78 is 6.94. The van der Waals surface area contributed by atoms with E-state index in [1.54, 1.807) is 13.0 Å². The number of carbonyl (C=O) groups is 1. The van der Waals surface area contributed by atoms with Crippen molar-refractivity contribution in [2.75, 3.05) is 6.61 Å². The molecule has 142 valence electrons. The Hall–Kier alpha value is -1.91. The number of rotatable bonds is 6. The molecule has 5 heteroatoms. The zero-order valence-electron chi connectivity index (χ0n) is 16.3. The molecule has 0 amide bonds. The fourth-order valence-electron chi connectivity index (χ4n) is 3.89. The van der Waals surface area contributed by atoms with Crippen molar-refractivity contribution in [1.29, 1.82) is 0 Å².